The van der Waals surface area contributed by atoms with E-state index in [1.807, 2.05) is 20.8 Å². The van der Waals surface area contributed by atoms with Gasteiger partial charge in [-0.25, -0.2) is 17.9 Å². The van der Waals surface area contributed by atoms with Crippen LogP contribution in [0.5, 0.6) is 0 Å². The van der Waals surface area contributed by atoms with E-state index in [4.69, 9.17) is 16.7 Å². The zero-order valence-electron chi connectivity index (χ0n) is 19.3. The molecule has 0 atom stereocenters. The fraction of sp³-hybridized carbons (Fsp3) is 0.217. The normalized spacial score (nSPS) is 15.4. The highest BCUT2D eigenvalue weighted by atomic mass is 35.5. The number of carbonyl (C=O) groups excluding carboxylic acids is 1. The molecule has 0 fully saturated rings. The minimum atomic E-state index is -3.77. The van der Waals surface area contributed by atoms with Gasteiger partial charge in [-0.3, -0.25) is 10.7 Å². The molecule has 4 rings (SSSR count). The summed E-state index contributed by atoms with van der Waals surface area (Å²) in [6.07, 6.45) is 0. The van der Waals surface area contributed by atoms with E-state index in [2.05, 4.69) is 16.1 Å². The highest BCUT2D eigenvalue weighted by Gasteiger charge is 2.28. The van der Waals surface area contributed by atoms with Gasteiger partial charge in [0.05, 0.1) is 17.9 Å². The van der Waals surface area contributed by atoms with Gasteiger partial charge in [0.1, 0.15) is 11.2 Å². The predicted octanol–water partition coefficient (Wildman–Crippen LogP) is 4.47. The lowest BCUT2D eigenvalue weighted by Crippen LogP contribution is -2.34. The number of hydrogen-bond donors (Lipinski definition) is 4. The maximum atomic E-state index is 12.7. The molecule has 0 aliphatic carbocycles. The molecule has 0 spiro atoms. The topological polar surface area (TPSA) is 129 Å². The third kappa shape index (κ3) is 5.76. The summed E-state index contributed by atoms with van der Waals surface area (Å²) in [5, 5.41) is 21.1. The zero-order valence-corrected chi connectivity index (χ0v) is 20.9. The first kappa shape index (κ1) is 24.6. The number of aliphatic hydroxyl groups excluding tert-OH is 1. The molecule has 2 amide bonds. The van der Waals surface area contributed by atoms with E-state index >= 15 is 0 Å². The van der Waals surface area contributed by atoms with Crippen molar-refractivity contribution in [3.05, 3.63) is 82.2 Å². The van der Waals surface area contributed by atoms with Gasteiger partial charge in [-0.05, 0) is 42.0 Å². The number of carbonyl (C=O) groups is 1. The van der Waals surface area contributed by atoms with Gasteiger partial charge in [-0.1, -0.05) is 44.5 Å². The molecule has 1 aliphatic heterocycles. The summed E-state index contributed by atoms with van der Waals surface area (Å²) in [6.45, 7) is 6.01. The summed E-state index contributed by atoms with van der Waals surface area (Å²) in [6, 6.07) is 15.1. The van der Waals surface area contributed by atoms with Gasteiger partial charge in [0.2, 0.25) is 5.88 Å². The molecule has 0 bridgehead atoms. The third-order valence-electron chi connectivity index (χ3n) is 5.11. The molecule has 0 radical (unpaired) electrons. The Bertz CT molecular complexity index is 1390. The fourth-order valence-electron chi connectivity index (χ4n) is 3.35. The second kappa shape index (κ2) is 9.25. The van der Waals surface area contributed by atoms with Crippen molar-refractivity contribution >= 4 is 39.2 Å². The lowest BCUT2D eigenvalue weighted by molar-refractivity contribution is 0.262. The predicted molar refractivity (Wildman–Crippen MR) is 135 cm³/mol. The molecule has 0 unspecified atom stereocenters. The summed E-state index contributed by atoms with van der Waals surface area (Å²) < 4.78 is 26.8. The minimum absolute atomic E-state index is 0.0239. The molecule has 12 heteroatoms. The van der Waals surface area contributed by atoms with Crippen LogP contribution < -0.4 is 16.1 Å². The van der Waals surface area contributed by atoms with Crippen molar-refractivity contribution in [1.82, 2.24) is 19.6 Å². The number of benzene rings is 2. The van der Waals surface area contributed by atoms with Crippen LogP contribution >= 0.6 is 11.6 Å². The summed E-state index contributed by atoms with van der Waals surface area (Å²) in [7, 11) is -3.77. The molecular weight excluding hydrogens is 492 g/mol. The monoisotopic (exact) mass is 516 g/mol. The molecule has 184 valence electrons. The standard InChI is InChI=1S/C23H25ClN6O4S/c1-23(2,3)19-12-20(26-22(32)25-17-9-7-16(24)8-10-17)30(27-19)18-6-4-5-15(11-18)13-29-28-21(31)14-35(29,33)34/h4-12,14,28,31H,13H2,1-3H3,(H2,25,26,32). The van der Waals surface area contributed by atoms with E-state index < -0.39 is 21.9 Å². The molecule has 1 aliphatic rings. The molecule has 4 N–H and O–H groups in total. The number of rotatable bonds is 5. The number of sulfonamides is 1. The van der Waals surface area contributed by atoms with Crippen LogP contribution in [0.15, 0.2) is 65.9 Å². The van der Waals surface area contributed by atoms with Gasteiger partial charge < -0.3 is 10.4 Å². The summed E-state index contributed by atoms with van der Waals surface area (Å²) in [5.41, 5.74) is 4.71. The van der Waals surface area contributed by atoms with Crippen molar-refractivity contribution in [3.8, 4) is 5.69 Å². The maximum Gasteiger partial charge on any atom is 0.324 e. The molecule has 3 aromatic rings. The van der Waals surface area contributed by atoms with E-state index in [0.717, 1.165) is 15.5 Å². The highest BCUT2D eigenvalue weighted by Crippen LogP contribution is 2.27. The Morgan fingerprint density at radius 3 is 2.46 bits per heavy atom. The second-order valence-corrected chi connectivity index (χ2v) is 11.1. The Morgan fingerprint density at radius 1 is 1.11 bits per heavy atom. The first-order valence-electron chi connectivity index (χ1n) is 10.6. The van der Waals surface area contributed by atoms with Crippen molar-refractivity contribution in [2.24, 2.45) is 0 Å². The van der Waals surface area contributed by atoms with Gasteiger partial charge in [0.15, 0.2) is 0 Å². The molecule has 0 saturated heterocycles. The molecule has 35 heavy (non-hydrogen) atoms. The Kier molecular flexibility index (Phi) is 6.50. The number of urea groups is 1. The first-order valence-corrected chi connectivity index (χ1v) is 12.5. The van der Waals surface area contributed by atoms with Gasteiger partial charge in [-0.2, -0.15) is 5.10 Å². The number of hydrogen-bond acceptors (Lipinski definition) is 6. The largest absolute Gasteiger partial charge is 0.493 e. The number of nitrogens with zero attached hydrogens (tertiary/aromatic N) is 3. The number of nitrogens with one attached hydrogen (secondary N) is 3. The van der Waals surface area contributed by atoms with E-state index in [9.17, 15) is 18.3 Å². The van der Waals surface area contributed by atoms with Gasteiger partial charge in [0.25, 0.3) is 10.0 Å². The van der Waals surface area contributed by atoms with Gasteiger partial charge in [-0.15, -0.1) is 4.41 Å². The highest BCUT2D eigenvalue weighted by molar-refractivity contribution is 7.92. The number of aliphatic hydroxyl groups is 1. The minimum Gasteiger partial charge on any atom is -0.493 e. The van der Waals surface area contributed by atoms with E-state index in [1.54, 1.807) is 59.3 Å². The maximum absolute atomic E-state index is 12.7. The van der Waals surface area contributed by atoms with Crippen LogP contribution in [0.1, 0.15) is 32.0 Å². The van der Waals surface area contributed by atoms with Crippen LogP contribution in [0.25, 0.3) is 5.69 Å². The van der Waals surface area contributed by atoms with Crippen LogP contribution in [-0.2, 0) is 22.0 Å². The quantitative estimate of drug-likeness (QED) is 0.396. The van der Waals surface area contributed by atoms with E-state index in [1.165, 1.54) is 0 Å². The zero-order chi connectivity index (χ0) is 25.4. The molecule has 10 nitrogen and oxygen atoms in total. The summed E-state index contributed by atoms with van der Waals surface area (Å²) in [5.74, 6) is -0.00833. The average Bonchev–Trinajstić information content (AvgIpc) is 3.29. The Labute approximate surface area is 208 Å². The number of halogens is 1. The van der Waals surface area contributed by atoms with Gasteiger partial charge in [0, 0.05) is 22.2 Å². The number of hydrazine groups is 1. The summed E-state index contributed by atoms with van der Waals surface area (Å²) in [4.78, 5) is 12.7. The Balaban J connectivity index is 1.61. The third-order valence-corrected chi connectivity index (χ3v) is 6.72. The van der Waals surface area contributed by atoms with Crippen molar-refractivity contribution in [3.63, 3.8) is 0 Å². The molecule has 1 aromatic heterocycles. The van der Waals surface area contributed by atoms with Crippen molar-refractivity contribution in [2.75, 3.05) is 10.6 Å². The fourth-order valence-corrected chi connectivity index (χ4v) is 4.49. The Morgan fingerprint density at radius 2 is 1.83 bits per heavy atom. The molecular formula is C23H25ClN6O4S. The number of anilines is 2. The van der Waals surface area contributed by atoms with Crippen LogP contribution in [0.4, 0.5) is 16.3 Å². The van der Waals surface area contributed by atoms with E-state index in [-0.39, 0.29) is 12.0 Å². The lowest BCUT2D eigenvalue weighted by atomic mass is 9.92. The molecule has 2 heterocycles. The number of amides is 2. The Hall–Kier alpha value is -3.54. The van der Waals surface area contributed by atoms with Crippen molar-refractivity contribution in [2.45, 2.75) is 32.7 Å². The van der Waals surface area contributed by atoms with Crippen LogP contribution in [-0.4, -0.2) is 33.8 Å². The second-order valence-electron chi connectivity index (χ2n) is 9.00. The van der Waals surface area contributed by atoms with Gasteiger partial charge >= 0.3 is 6.03 Å². The van der Waals surface area contributed by atoms with Crippen LogP contribution in [0, 0.1) is 0 Å². The average molecular weight is 517 g/mol. The van der Waals surface area contributed by atoms with Crippen LogP contribution in [0.3, 0.4) is 0 Å². The van der Waals surface area contributed by atoms with E-state index in [0.29, 0.717) is 27.8 Å². The molecule has 2 aromatic carbocycles. The van der Waals surface area contributed by atoms with Crippen molar-refractivity contribution in [1.29, 1.82) is 0 Å². The summed E-state index contributed by atoms with van der Waals surface area (Å²) >= 11 is 5.91. The smallest absolute Gasteiger partial charge is 0.324 e. The number of aromatic nitrogens is 2. The lowest BCUT2D eigenvalue weighted by Gasteiger charge is -2.16. The molecule has 0 saturated carbocycles. The van der Waals surface area contributed by atoms with Crippen LogP contribution in [0.2, 0.25) is 5.02 Å². The first-order chi connectivity index (χ1) is 16.4. The SMILES string of the molecule is CC(C)(C)c1cc(NC(=O)Nc2ccc(Cl)cc2)n(-c2cccc(CN3NC(O)=CS3(=O)=O)c2)n1. The van der Waals surface area contributed by atoms with Crippen molar-refractivity contribution < 1.29 is 18.3 Å².